The standard InChI is InChI=1S/C19H16N2O2/c22-19(21-11-10-14-6-4-5-9-16(14)13-21)17-12-20-23-18(17)15-7-2-1-3-8-15/h1-9,12H,10-11,13H2. The van der Waals surface area contributed by atoms with Crippen molar-refractivity contribution in [2.75, 3.05) is 6.54 Å². The molecule has 114 valence electrons. The fraction of sp³-hybridized carbons (Fsp3) is 0.158. The van der Waals surface area contributed by atoms with Crippen molar-refractivity contribution in [3.63, 3.8) is 0 Å². The first-order valence-corrected chi connectivity index (χ1v) is 7.69. The highest BCUT2D eigenvalue weighted by atomic mass is 16.5. The van der Waals surface area contributed by atoms with E-state index < -0.39 is 0 Å². The minimum absolute atomic E-state index is 0.0281. The summed E-state index contributed by atoms with van der Waals surface area (Å²) in [5.41, 5.74) is 3.93. The summed E-state index contributed by atoms with van der Waals surface area (Å²) in [6.07, 6.45) is 2.40. The van der Waals surface area contributed by atoms with Gasteiger partial charge in [0.1, 0.15) is 5.56 Å². The molecule has 3 aromatic rings. The lowest BCUT2D eigenvalue weighted by atomic mass is 9.99. The molecule has 0 unspecified atom stereocenters. The van der Waals surface area contributed by atoms with Crippen LogP contribution in [0.25, 0.3) is 11.3 Å². The molecule has 0 N–H and O–H groups in total. The molecule has 4 rings (SSSR count). The molecular weight excluding hydrogens is 288 g/mol. The fourth-order valence-electron chi connectivity index (χ4n) is 3.03. The van der Waals surface area contributed by atoms with Gasteiger partial charge in [0.25, 0.3) is 5.91 Å². The van der Waals surface area contributed by atoms with Crippen LogP contribution >= 0.6 is 0 Å². The second kappa shape index (κ2) is 5.72. The molecule has 2 heterocycles. The number of rotatable bonds is 2. The summed E-state index contributed by atoms with van der Waals surface area (Å²) < 4.78 is 5.33. The molecule has 4 nitrogen and oxygen atoms in total. The lowest BCUT2D eigenvalue weighted by molar-refractivity contribution is 0.0735. The Labute approximate surface area is 134 Å². The van der Waals surface area contributed by atoms with Crippen molar-refractivity contribution in [3.8, 4) is 11.3 Å². The Hall–Kier alpha value is -2.88. The summed E-state index contributed by atoms with van der Waals surface area (Å²) in [6.45, 7) is 1.35. The molecule has 4 heteroatoms. The molecule has 0 radical (unpaired) electrons. The summed E-state index contributed by atoms with van der Waals surface area (Å²) in [5.74, 6) is 0.508. The maximum Gasteiger partial charge on any atom is 0.259 e. The fourth-order valence-corrected chi connectivity index (χ4v) is 3.03. The van der Waals surface area contributed by atoms with Gasteiger partial charge in [0.2, 0.25) is 0 Å². The average Bonchev–Trinajstić information content (AvgIpc) is 3.11. The zero-order valence-corrected chi connectivity index (χ0v) is 12.6. The minimum atomic E-state index is -0.0281. The quantitative estimate of drug-likeness (QED) is 0.727. The van der Waals surface area contributed by atoms with Crippen LogP contribution in [0.5, 0.6) is 0 Å². The summed E-state index contributed by atoms with van der Waals surface area (Å²) >= 11 is 0. The first-order valence-electron chi connectivity index (χ1n) is 7.69. The van der Waals surface area contributed by atoms with Crippen molar-refractivity contribution in [2.24, 2.45) is 0 Å². The van der Waals surface area contributed by atoms with Crippen LogP contribution in [0.15, 0.2) is 65.3 Å². The average molecular weight is 304 g/mol. The zero-order chi connectivity index (χ0) is 15.6. The van der Waals surface area contributed by atoms with E-state index in [4.69, 9.17) is 4.52 Å². The third-order valence-corrected chi connectivity index (χ3v) is 4.25. The van der Waals surface area contributed by atoms with E-state index in [2.05, 4.69) is 17.3 Å². The largest absolute Gasteiger partial charge is 0.355 e. The Morgan fingerprint density at radius 2 is 1.74 bits per heavy atom. The van der Waals surface area contributed by atoms with Crippen LogP contribution in [-0.4, -0.2) is 22.5 Å². The maximum atomic E-state index is 12.9. The maximum absolute atomic E-state index is 12.9. The SMILES string of the molecule is O=C(c1cnoc1-c1ccccc1)N1CCc2ccccc2C1. The molecule has 0 fully saturated rings. The highest BCUT2D eigenvalue weighted by Crippen LogP contribution is 2.26. The van der Waals surface area contributed by atoms with E-state index in [1.807, 2.05) is 47.4 Å². The molecule has 0 bridgehead atoms. The normalized spacial score (nSPS) is 13.7. The number of carbonyl (C=O) groups is 1. The molecule has 0 saturated heterocycles. The Kier molecular flexibility index (Phi) is 3.42. The predicted molar refractivity (Wildman–Crippen MR) is 86.8 cm³/mol. The first kappa shape index (κ1) is 13.8. The van der Waals surface area contributed by atoms with Crippen LogP contribution in [0.3, 0.4) is 0 Å². The van der Waals surface area contributed by atoms with E-state index >= 15 is 0 Å². The van der Waals surface area contributed by atoms with Crippen molar-refractivity contribution in [1.29, 1.82) is 0 Å². The van der Waals surface area contributed by atoms with Gasteiger partial charge in [0, 0.05) is 18.7 Å². The minimum Gasteiger partial charge on any atom is -0.355 e. The Balaban J connectivity index is 1.63. The molecular formula is C19H16N2O2. The molecule has 0 atom stereocenters. The van der Waals surface area contributed by atoms with Gasteiger partial charge in [0.15, 0.2) is 5.76 Å². The van der Waals surface area contributed by atoms with Crippen molar-refractivity contribution >= 4 is 5.91 Å². The molecule has 1 aromatic heterocycles. The Morgan fingerprint density at radius 1 is 1.00 bits per heavy atom. The highest BCUT2D eigenvalue weighted by molar-refractivity contribution is 5.99. The number of nitrogens with zero attached hydrogens (tertiary/aromatic N) is 2. The first-order chi connectivity index (χ1) is 11.3. The van der Waals surface area contributed by atoms with Gasteiger partial charge in [-0.15, -0.1) is 0 Å². The van der Waals surface area contributed by atoms with Crippen LogP contribution in [0.4, 0.5) is 0 Å². The molecule has 0 spiro atoms. The summed E-state index contributed by atoms with van der Waals surface area (Å²) in [4.78, 5) is 14.8. The van der Waals surface area contributed by atoms with E-state index in [1.165, 1.54) is 17.3 Å². The van der Waals surface area contributed by atoms with Crippen LogP contribution < -0.4 is 0 Å². The Bertz CT molecular complexity index is 839. The molecule has 1 aliphatic heterocycles. The molecule has 0 saturated carbocycles. The van der Waals surface area contributed by atoms with Gasteiger partial charge < -0.3 is 9.42 Å². The lowest BCUT2D eigenvalue weighted by Crippen LogP contribution is -2.36. The van der Waals surface area contributed by atoms with Crippen LogP contribution in [0.1, 0.15) is 21.5 Å². The van der Waals surface area contributed by atoms with Crippen molar-refractivity contribution in [3.05, 3.63) is 77.5 Å². The van der Waals surface area contributed by atoms with Crippen LogP contribution in [0, 0.1) is 0 Å². The number of carbonyl (C=O) groups excluding carboxylic acids is 1. The predicted octanol–water partition coefficient (Wildman–Crippen LogP) is 3.54. The number of hydrogen-bond acceptors (Lipinski definition) is 3. The van der Waals surface area contributed by atoms with Gasteiger partial charge in [-0.1, -0.05) is 59.8 Å². The molecule has 0 aliphatic carbocycles. The van der Waals surface area contributed by atoms with Gasteiger partial charge in [0.05, 0.1) is 6.20 Å². The zero-order valence-electron chi connectivity index (χ0n) is 12.6. The van der Waals surface area contributed by atoms with Crippen LogP contribution in [0.2, 0.25) is 0 Å². The van der Waals surface area contributed by atoms with Crippen molar-refractivity contribution < 1.29 is 9.32 Å². The van der Waals surface area contributed by atoms with E-state index in [1.54, 1.807) is 0 Å². The van der Waals surface area contributed by atoms with E-state index in [-0.39, 0.29) is 5.91 Å². The molecule has 1 amide bonds. The van der Waals surface area contributed by atoms with Gasteiger partial charge in [-0.05, 0) is 17.5 Å². The number of fused-ring (bicyclic) bond motifs is 1. The van der Waals surface area contributed by atoms with Crippen molar-refractivity contribution in [2.45, 2.75) is 13.0 Å². The number of hydrogen-bond donors (Lipinski definition) is 0. The van der Waals surface area contributed by atoms with E-state index in [0.717, 1.165) is 18.5 Å². The summed E-state index contributed by atoms with van der Waals surface area (Å²) in [7, 11) is 0. The molecule has 1 aliphatic rings. The monoisotopic (exact) mass is 304 g/mol. The highest BCUT2D eigenvalue weighted by Gasteiger charge is 2.26. The van der Waals surface area contributed by atoms with Gasteiger partial charge in [-0.25, -0.2) is 0 Å². The van der Waals surface area contributed by atoms with Gasteiger partial charge in [-0.3, -0.25) is 4.79 Å². The number of amides is 1. The number of aromatic nitrogens is 1. The smallest absolute Gasteiger partial charge is 0.259 e. The third-order valence-electron chi connectivity index (χ3n) is 4.25. The van der Waals surface area contributed by atoms with Gasteiger partial charge >= 0.3 is 0 Å². The molecule has 2 aromatic carbocycles. The topological polar surface area (TPSA) is 46.3 Å². The van der Waals surface area contributed by atoms with E-state index in [0.29, 0.717) is 17.9 Å². The third kappa shape index (κ3) is 2.52. The number of benzene rings is 2. The lowest BCUT2D eigenvalue weighted by Gasteiger charge is -2.28. The van der Waals surface area contributed by atoms with Crippen LogP contribution in [-0.2, 0) is 13.0 Å². The molecule has 23 heavy (non-hydrogen) atoms. The second-order valence-corrected chi connectivity index (χ2v) is 5.68. The van der Waals surface area contributed by atoms with Gasteiger partial charge in [-0.2, -0.15) is 0 Å². The van der Waals surface area contributed by atoms with E-state index in [9.17, 15) is 4.79 Å². The summed E-state index contributed by atoms with van der Waals surface area (Å²) in [6, 6.07) is 17.9. The van der Waals surface area contributed by atoms with Crippen molar-refractivity contribution in [1.82, 2.24) is 10.1 Å². The Morgan fingerprint density at radius 3 is 2.57 bits per heavy atom. The summed E-state index contributed by atoms with van der Waals surface area (Å²) in [5, 5.41) is 3.84. The second-order valence-electron chi connectivity index (χ2n) is 5.68.